The van der Waals surface area contributed by atoms with Gasteiger partial charge < -0.3 is 10.2 Å². The van der Waals surface area contributed by atoms with Crippen LogP contribution < -0.4 is 5.32 Å². The van der Waals surface area contributed by atoms with Crippen molar-refractivity contribution in [2.45, 2.75) is 64.0 Å². The zero-order chi connectivity index (χ0) is 10.7. The minimum atomic E-state index is 0.190. The second-order valence-electron chi connectivity index (χ2n) is 4.86. The number of hydrogen-bond donors (Lipinski definition) is 1. The highest BCUT2D eigenvalue weighted by Gasteiger charge is 2.30. The molecule has 0 spiro atoms. The molecule has 1 aliphatic heterocycles. The average Bonchev–Trinajstić information content (AvgIpc) is 3.03. The smallest absolute Gasteiger partial charge is 0.317 e. The normalized spacial score (nSPS) is 26.5. The summed E-state index contributed by atoms with van der Waals surface area (Å²) in [4.78, 5) is 14.0. The first-order valence-corrected chi connectivity index (χ1v) is 6.38. The van der Waals surface area contributed by atoms with E-state index in [2.05, 4.69) is 17.1 Å². The van der Waals surface area contributed by atoms with Crippen molar-refractivity contribution in [1.29, 1.82) is 0 Å². The summed E-state index contributed by atoms with van der Waals surface area (Å²) in [7, 11) is 0. The van der Waals surface area contributed by atoms with E-state index in [9.17, 15) is 4.79 Å². The van der Waals surface area contributed by atoms with E-state index in [0.717, 1.165) is 13.0 Å². The van der Waals surface area contributed by atoms with Crippen molar-refractivity contribution in [2.75, 3.05) is 6.54 Å². The molecule has 3 nitrogen and oxygen atoms in total. The van der Waals surface area contributed by atoms with Gasteiger partial charge in [-0.3, -0.25) is 0 Å². The third-order valence-electron chi connectivity index (χ3n) is 3.41. The summed E-state index contributed by atoms with van der Waals surface area (Å²) in [6.07, 6.45) is 8.37. The minimum Gasteiger partial charge on any atom is -0.335 e. The number of amides is 2. The lowest BCUT2D eigenvalue weighted by atomic mass is 9.99. The van der Waals surface area contributed by atoms with E-state index in [1.165, 1.54) is 38.5 Å². The highest BCUT2D eigenvalue weighted by molar-refractivity contribution is 5.75. The molecule has 2 fully saturated rings. The van der Waals surface area contributed by atoms with E-state index in [1.54, 1.807) is 0 Å². The third kappa shape index (κ3) is 2.86. The zero-order valence-electron chi connectivity index (χ0n) is 9.67. The third-order valence-corrected chi connectivity index (χ3v) is 3.41. The highest BCUT2D eigenvalue weighted by Crippen LogP contribution is 2.23. The Balaban J connectivity index is 1.87. The molecule has 86 valence electrons. The van der Waals surface area contributed by atoms with Crippen molar-refractivity contribution < 1.29 is 4.79 Å². The maximum atomic E-state index is 11.9. The Hall–Kier alpha value is -0.730. The van der Waals surface area contributed by atoms with Gasteiger partial charge in [0.2, 0.25) is 0 Å². The van der Waals surface area contributed by atoms with Crippen molar-refractivity contribution in [3.05, 3.63) is 0 Å². The first kappa shape index (κ1) is 10.8. The molecule has 1 saturated heterocycles. The van der Waals surface area contributed by atoms with Gasteiger partial charge in [0, 0.05) is 18.6 Å². The molecule has 0 radical (unpaired) electrons. The Bertz CT molecular complexity index is 224. The van der Waals surface area contributed by atoms with Crippen molar-refractivity contribution in [2.24, 2.45) is 0 Å². The highest BCUT2D eigenvalue weighted by atomic mass is 16.2. The van der Waals surface area contributed by atoms with Gasteiger partial charge in [-0.05, 0) is 38.5 Å². The molecular weight excluding hydrogens is 188 g/mol. The average molecular weight is 210 g/mol. The fourth-order valence-corrected chi connectivity index (χ4v) is 2.39. The molecule has 2 amide bonds. The summed E-state index contributed by atoms with van der Waals surface area (Å²) >= 11 is 0. The van der Waals surface area contributed by atoms with Gasteiger partial charge in [-0.1, -0.05) is 13.3 Å². The van der Waals surface area contributed by atoms with Crippen molar-refractivity contribution in [1.82, 2.24) is 10.2 Å². The lowest BCUT2D eigenvalue weighted by molar-refractivity contribution is 0.145. The van der Waals surface area contributed by atoms with Crippen LogP contribution >= 0.6 is 0 Å². The summed E-state index contributed by atoms with van der Waals surface area (Å²) in [5, 5.41) is 3.10. The maximum Gasteiger partial charge on any atom is 0.317 e. The van der Waals surface area contributed by atoms with Gasteiger partial charge in [0.1, 0.15) is 0 Å². The topological polar surface area (TPSA) is 32.3 Å². The fraction of sp³-hybridized carbons (Fsp3) is 0.917. The molecule has 3 heteroatoms. The first-order chi connectivity index (χ1) is 7.31. The zero-order valence-corrected chi connectivity index (χ0v) is 9.67. The second kappa shape index (κ2) is 4.86. The van der Waals surface area contributed by atoms with Crippen LogP contribution in [0.1, 0.15) is 51.9 Å². The van der Waals surface area contributed by atoms with Crippen molar-refractivity contribution >= 4 is 6.03 Å². The molecule has 0 aromatic heterocycles. The van der Waals surface area contributed by atoms with E-state index in [-0.39, 0.29) is 6.03 Å². The molecule has 0 aromatic rings. The van der Waals surface area contributed by atoms with Crippen LogP contribution in [0.3, 0.4) is 0 Å². The molecule has 1 saturated carbocycles. The molecule has 2 rings (SSSR count). The van der Waals surface area contributed by atoms with Gasteiger partial charge in [0.15, 0.2) is 0 Å². The largest absolute Gasteiger partial charge is 0.335 e. The molecule has 1 unspecified atom stereocenters. The molecule has 1 heterocycles. The van der Waals surface area contributed by atoms with Gasteiger partial charge in [0.25, 0.3) is 0 Å². The number of carbonyl (C=O) groups excluding carboxylic acids is 1. The summed E-state index contributed by atoms with van der Waals surface area (Å²) in [5.74, 6) is 0. The molecular formula is C12H22N2O. The molecule has 2 aliphatic rings. The minimum absolute atomic E-state index is 0.190. The van der Waals surface area contributed by atoms with Gasteiger partial charge in [0.05, 0.1) is 0 Å². The van der Waals surface area contributed by atoms with Crippen LogP contribution in [0.2, 0.25) is 0 Å². The van der Waals surface area contributed by atoms with E-state index >= 15 is 0 Å². The monoisotopic (exact) mass is 210 g/mol. The van der Waals surface area contributed by atoms with Crippen LogP contribution in [0.4, 0.5) is 4.79 Å². The number of urea groups is 1. The lowest BCUT2D eigenvalue weighted by Crippen LogP contribution is -2.49. The Labute approximate surface area is 92.2 Å². The van der Waals surface area contributed by atoms with Crippen LogP contribution in [0, 0.1) is 0 Å². The van der Waals surface area contributed by atoms with Gasteiger partial charge in [-0.2, -0.15) is 0 Å². The van der Waals surface area contributed by atoms with E-state index in [0.29, 0.717) is 12.1 Å². The molecule has 1 atom stereocenters. The predicted octanol–water partition coefficient (Wildman–Crippen LogP) is 2.51. The quantitative estimate of drug-likeness (QED) is 0.762. The number of nitrogens with zero attached hydrogens (tertiary/aromatic N) is 1. The molecule has 0 aromatic carbocycles. The van der Waals surface area contributed by atoms with Gasteiger partial charge >= 0.3 is 6.03 Å². The number of carbonyl (C=O) groups is 1. The van der Waals surface area contributed by atoms with Crippen LogP contribution in [0.5, 0.6) is 0 Å². The number of hydrogen-bond acceptors (Lipinski definition) is 1. The number of rotatable bonds is 3. The molecule has 0 bridgehead atoms. The van der Waals surface area contributed by atoms with Crippen LogP contribution in [-0.2, 0) is 0 Å². The lowest BCUT2D eigenvalue weighted by Gasteiger charge is -2.35. The summed E-state index contributed by atoms with van der Waals surface area (Å²) in [6.45, 7) is 3.16. The van der Waals surface area contributed by atoms with Crippen LogP contribution in [-0.4, -0.2) is 29.6 Å². The molecule has 1 N–H and O–H groups in total. The Morgan fingerprint density at radius 3 is 2.80 bits per heavy atom. The Kier molecular flexibility index (Phi) is 3.49. The molecule has 1 aliphatic carbocycles. The fourth-order valence-electron chi connectivity index (χ4n) is 2.39. The van der Waals surface area contributed by atoms with Gasteiger partial charge in [-0.25, -0.2) is 4.79 Å². The van der Waals surface area contributed by atoms with Gasteiger partial charge in [-0.15, -0.1) is 0 Å². The van der Waals surface area contributed by atoms with E-state index in [4.69, 9.17) is 0 Å². The number of likely N-dealkylation sites (tertiary alicyclic amines) is 1. The summed E-state index contributed by atoms with van der Waals surface area (Å²) < 4.78 is 0. The van der Waals surface area contributed by atoms with E-state index in [1.807, 2.05) is 0 Å². The van der Waals surface area contributed by atoms with Crippen molar-refractivity contribution in [3.63, 3.8) is 0 Å². The number of nitrogens with one attached hydrogen (secondary N) is 1. The van der Waals surface area contributed by atoms with Crippen LogP contribution in [0.15, 0.2) is 0 Å². The van der Waals surface area contributed by atoms with Crippen molar-refractivity contribution in [3.8, 4) is 0 Å². The summed E-state index contributed by atoms with van der Waals surface area (Å²) in [5.41, 5.74) is 0. The second-order valence-corrected chi connectivity index (χ2v) is 4.86. The van der Waals surface area contributed by atoms with E-state index < -0.39 is 0 Å². The Morgan fingerprint density at radius 1 is 1.33 bits per heavy atom. The summed E-state index contributed by atoms with van der Waals surface area (Å²) in [6, 6.07) is 1.18. The maximum absolute atomic E-state index is 11.9. The standard InChI is InChI=1S/C12H22N2O/c1-2-5-11-6-3-4-9-14(11)12(15)13-10-7-8-10/h10-11H,2-9H2,1H3,(H,13,15). The number of piperidine rings is 1. The van der Waals surface area contributed by atoms with Crippen LogP contribution in [0.25, 0.3) is 0 Å². The predicted molar refractivity (Wildman–Crippen MR) is 60.8 cm³/mol. The first-order valence-electron chi connectivity index (χ1n) is 6.38. The Morgan fingerprint density at radius 2 is 2.13 bits per heavy atom. The molecule has 15 heavy (non-hydrogen) atoms. The SMILES string of the molecule is CCCC1CCCCN1C(=O)NC1CC1.